The largest absolute Gasteiger partial charge is 0.481 e. The summed E-state index contributed by atoms with van der Waals surface area (Å²) in [5.74, 6) is -1.64. The molecule has 1 aliphatic carbocycles. The van der Waals surface area contributed by atoms with Crippen LogP contribution in [0.15, 0.2) is 18.2 Å². The van der Waals surface area contributed by atoms with E-state index in [0.717, 1.165) is 24.8 Å². The molecule has 0 aromatic heterocycles. The molecule has 1 aliphatic rings. The maximum atomic E-state index is 13.1. The van der Waals surface area contributed by atoms with Gasteiger partial charge in [0.2, 0.25) is 0 Å². The highest BCUT2D eigenvalue weighted by atomic mass is 35.5. The summed E-state index contributed by atoms with van der Waals surface area (Å²) in [4.78, 5) is 11.2. The summed E-state index contributed by atoms with van der Waals surface area (Å²) in [7, 11) is 0. The highest BCUT2D eigenvalue weighted by molar-refractivity contribution is 6.30. The van der Waals surface area contributed by atoms with E-state index >= 15 is 0 Å². The van der Waals surface area contributed by atoms with Gasteiger partial charge in [-0.2, -0.15) is 0 Å². The van der Waals surface area contributed by atoms with Gasteiger partial charge < -0.3 is 5.11 Å². The van der Waals surface area contributed by atoms with Crippen molar-refractivity contribution in [2.75, 3.05) is 0 Å². The Labute approximate surface area is 104 Å². The lowest BCUT2D eigenvalue weighted by molar-refractivity contribution is -0.143. The minimum absolute atomic E-state index is 0.0423. The van der Waals surface area contributed by atoms with Crippen LogP contribution in [0.5, 0.6) is 0 Å². The first-order valence-electron chi connectivity index (χ1n) is 5.77. The van der Waals surface area contributed by atoms with Crippen molar-refractivity contribution in [3.63, 3.8) is 0 Å². The summed E-state index contributed by atoms with van der Waals surface area (Å²) in [6.07, 6.45) is 3.49. The third-order valence-corrected chi connectivity index (χ3v) is 3.74. The standard InChI is InChI=1S/C13H14ClFO2/c14-11-7-8(5-6-12(11)15)9-3-1-2-4-10(9)13(16)17/h5-7,9-10H,1-4H2,(H,16,17). The maximum Gasteiger partial charge on any atom is 0.307 e. The van der Waals surface area contributed by atoms with Crippen molar-refractivity contribution in [3.05, 3.63) is 34.6 Å². The summed E-state index contributed by atoms with van der Waals surface area (Å²) < 4.78 is 13.1. The Bertz CT molecular complexity index is 433. The van der Waals surface area contributed by atoms with E-state index < -0.39 is 11.8 Å². The van der Waals surface area contributed by atoms with Gasteiger partial charge in [-0.1, -0.05) is 30.5 Å². The van der Waals surface area contributed by atoms with Crippen LogP contribution in [0.3, 0.4) is 0 Å². The molecule has 1 fully saturated rings. The second kappa shape index (κ2) is 5.05. The average molecular weight is 257 g/mol. The van der Waals surface area contributed by atoms with E-state index in [0.29, 0.717) is 6.42 Å². The van der Waals surface area contributed by atoms with E-state index in [2.05, 4.69) is 0 Å². The van der Waals surface area contributed by atoms with Crippen molar-refractivity contribution in [3.8, 4) is 0 Å². The summed E-state index contributed by atoms with van der Waals surface area (Å²) in [6.45, 7) is 0. The minimum atomic E-state index is -0.768. The van der Waals surface area contributed by atoms with Crippen LogP contribution in [-0.4, -0.2) is 11.1 Å². The Morgan fingerprint density at radius 2 is 2.06 bits per heavy atom. The van der Waals surface area contributed by atoms with Crippen molar-refractivity contribution in [1.29, 1.82) is 0 Å². The lowest BCUT2D eigenvalue weighted by atomic mass is 9.75. The summed E-state index contributed by atoms with van der Waals surface area (Å²) in [5.41, 5.74) is 0.837. The predicted octanol–water partition coefficient (Wildman–Crippen LogP) is 3.84. The summed E-state index contributed by atoms with van der Waals surface area (Å²) in [6, 6.07) is 4.52. The van der Waals surface area contributed by atoms with E-state index in [1.165, 1.54) is 6.07 Å². The third kappa shape index (κ3) is 2.60. The lowest BCUT2D eigenvalue weighted by Gasteiger charge is -2.29. The number of hydrogen-bond acceptors (Lipinski definition) is 1. The molecular weight excluding hydrogens is 243 g/mol. The van der Waals surface area contributed by atoms with Crippen molar-refractivity contribution >= 4 is 17.6 Å². The highest BCUT2D eigenvalue weighted by Gasteiger charge is 2.31. The molecule has 4 heteroatoms. The number of carboxylic acid groups (broad SMARTS) is 1. The van der Waals surface area contributed by atoms with Crippen LogP contribution in [-0.2, 0) is 4.79 Å². The highest BCUT2D eigenvalue weighted by Crippen LogP contribution is 2.38. The molecule has 1 aromatic carbocycles. The lowest BCUT2D eigenvalue weighted by Crippen LogP contribution is -2.25. The zero-order chi connectivity index (χ0) is 12.4. The number of halogens is 2. The Morgan fingerprint density at radius 3 is 2.71 bits per heavy atom. The second-order valence-electron chi connectivity index (χ2n) is 4.51. The van der Waals surface area contributed by atoms with Crippen LogP contribution in [0, 0.1) is 11.7 Å². The predicted molar refractivity (Wildman–Crippen MR) is 63.7 cm³/mol. The molecule has 0 bridgehead atoms. The van der Waals surface area contributed by atoms with E-state index in [4.69, 9.17) is 11.6 Å². The number of carboxylic acids is 1. The Hall–Kier alpha value is -1.09. The molecule has 0 radical (unpaired) electrons. The van der Waals surface area contributed by atoms with Gasteiger partial charge in [0.15, 0.2) is 0 Å². The first-order chi connectivity index (χ1) is 8.09. The molecule has 0 saturated heterocycles. The molecule has 2 unspecified atom stereocenters. The number of aliphatic carboxylic acids is 1. The third-order valence-electron chi connectivity index (χ3n) is 3.45. The molecule has 1 aromatic rings. The molecule has 0 amide bonds. The SMILES string of the molecule is O=C(O)C1CCCCC1c1ccc(F)c(Cl)c1. The summed E-state index contributed by atoms with van der Waals surface area (Å²) in [5, 5.41) is 9.25. The zero-order valence-corrected chi connectivity index (χ0v) is 10.1. The van der Waals surface area contributed by atoms with Gasteiger partial charge in [-0.05, 0) is 36.5 Å². The van der Waals surface area contributed by atoms with Gasteiger partial charge >= 0.3 is 5.97 Å². The zero-order valence-electron chi connectivity index (χ0n) is 9.33. The van der Waals surface area contributed by atoms with Crippen LogP contribution in [0.1, 0.15) is 37.2 Å². The Balaban J connectivity index is 2.29. The fourth-order valence-corrected chi connectivity index (χ4v) is 2.76. The normalized spacial score (nSPS) is 24.6. The molecule has 1 saturated carbocycles. The number of carbonyl (C=O) groups is 1. The monoisotopic (exact) mass is 256 g/mol. The van der Waals surface area contributed by atoms with Gasteiger partial charge in [-0.25, -0.2) is 4.39 Å². The van der Waals surface area contributed by atoms with Gasteiger partial charge in [-0.3, -0.25) is 4.79 Å². The molecule has 2 rings (SSSR count). The van der Waals surface area contributed by atoms with Crippen molar-refractivity contribution in [2.45, 2.75) is 31.6 Å². The Morgan fingerprint density at radius 1 is 1.35 bits per heavy atom. The molecule has 17 heavy (non-hydrogen) atoms. The average Bonchev–Trinajstić information content (AvgIpc) is 2.32. The van der Waals surface area contributed by atoms with Crippen LogP contribution in [0.25, 0.3) is 0 Å². The number of benzene rings is 1. The van der Waals surface area contributed by atoms with Crippen LogP contribution in [0.2, 0.25) is 5.02 Å². The first-order valence-corrected chi connectivity index (χ1v) is 6.15. The van der Waals surface area contributed by atoms with E-state index in [1.54, 1.807) is 12.1 Å². The molecule has 1 N–H and O–H groups in total. The molecule has 92 valence electrons. The topological polar surface area (TPSA) is 37.3 Å². The molecule has 0 heterocycles. The van der Waals surface area contributed by atoms with Gasteiger partial charge in [0.05, 0.1) is 10.9 Å². The van der Waals surface area contributed by atoms with Gasteiger partial charge in [0.25, 0.3) is 0 Å². The quantitative estimate of drug-likeness (QED) is 0.873. The molecule has 0 aliphatic heterocycles. The summed E-state index contributed by atoms with van der Waals surface area (Å²) >= 11 is 5.74. The van der Waals surface area contributed by atoms with Crippen LogP contribution < -0.4 is 0 Å². The smallest absolute Gasteiger partial charge is 0.307 e. The van der Waals surface area contributed by atoms with Crippen molar-refractivity contribution < 1.29 is 14.3 Å². The number of hydrogen-bond donors (Lipinski definition) is 1. The fourth-order valence-electron chi connectivity index (χ4n) is 2.57. The fraction of sp³-hybridized carbons (Fsp3) is 0.462. The minimum Gasteiger partial charge on any atom is -0.481 e. The second-order valence-corrected chi connectivity index (χ2v) is 4.92. The van der Waals surface area contributed by atoms with E-state index in [9.17, 15) is 14.3 Å². The van der Waals surface area contributed by atoms with Crippen molar-refractivity contribution in [2.24, 2.45) is 5.92 Å². The van der Waals surface area contributed by atoms with Gasteiger partial charge in [0, 0.05) is 0 Å². The molecule has 2 atom stereocenters. The maximum absolute atomic E-state index is 13.1. The van der Waals surface area contributed by atoms with Gasteiger partial charge in [0.1, 0.15) is 5.82 Å². The molecular formula is C13H14ClFO2. The van der Waals surface area contributed by atoms with E-state index in [-0.39, 0.29) is 16.9 Å². The molecule has 2 nitrogen and oxygen atoms in total. The van der Waals surface area contributed by atoms with Crippen LogP contribution >= 0.6 is 11.6 Å². The number of rotatable bonds is 2. The van der Waals surface area contributed by atoms with Crippen LogP contribution in [0.4, 0.5) is 4.39 Å². The van der Waals surface area contributed by atoms with Crippen molar-refractivity contribution in [1.82, 2.24) is 0 Å². The molecule has 0 spiro atoms. The first kappa shape index (κ1) is 12.4. The van der Waals surface area contributed by atoms with Gasteiger partial charge in [-0.15, -0.1) is 0 Å². The van der Waals surface area contributed by atoms with E-state index in [1.807, 2.05) is 0 Å². The Kier molecular flexibility index (Phi) is 3.67.